The van der Waals surface area contributed by atoms with Crippen molar-refractivity contribution in [2.45, 2.75) is 25.6 Å². The fourth-order valence-electron chi connectivity index (χ4n) is 2.70. The molecule has 2 rings (SSSR count). The predicted molar refractivity (Wildman–Crippen MR) is 73.9 cm³/mol. The fraction of sp³-hybridized carbons (Fsp3) is 0.714. The van der Waals surface area contributed by atoms with E-state index < -0.39 is 12.7 Å². The Kier molecular flexibility index (Phi) is 5.29. The molecule has 0 saturated carbocycles. The van der Waals surface area contributed by atoms with Crippen LogP contribution >= 0.6 is 0 Å². The SMILES string of the molecule is CCc1ccc(C(CN)N2CCN(CC(F)(F)F)CC2)o1. The molecule has 1 saturated heterocycles. The number of aryl methyl sites for hydroxylation is 1. The molecule has 7 heteroatoms. The van der Waals surface area contributed by atoms with Crippen molar-refractivity contribution in [2.24, 2.45) is 5.73 Å². The molecule has 2 heterocycles. The second-order valence-electron chi connectivity index (χ2n) is 5.34. The Morgan fingerprint density at radius 3 is 2.38 bits per heavy atom. The number of rotatable bonds is 5. The summed E-state index contributed by atoms with van der Waals surface area (Å²) >= 11 is 0. The zero-order valence-electron chi connectivity index (χ0n) is 12.2. The Morgan fingerprint density at radius 1 is 1.24 bits per heavy atom. The highest BCUT2D eigenvalue weighted by atomic mass is 19.4. The van der Waals surface area contributed by atoms with E-state index >= 15 is 0 Å². The highest BCUT2D eigenvalue weighted by Crippen LogP contribution is 2.25. The molecule has 0 aromatic carbocycles. The summed E-state index contributed by atoms with van der Waals surface area (Å²) in [6.45, 7) is 3.51. The van der Waals surface area contributed by atoms with Crippen LogP contribution in [0.3, 0.4) is 0 Å². The molecule has 1 aliphatic heterocycles. The molecular formula is C14H22F3N3O. The van der Waals surface area contributed by atoms with Crippen LogP contribution in [0.2, 0.25) is 0 Å². The molecule has 1 unspecified atom stereocenters. The summed E-state index contributed by atoms with van der Waals surface area (Å²) in [6, 6.07) is 3.79. The first-order valence-electron chi connectivity index (χ1n) is 7.24. The minimum atomic E-state index is -4.13. The van der Waals surface area contributed by atoms with Gasteiger partial charge in [0.25, 0.3) is 0 Å². The van der Waals surface area contributed by atoms with Gasteiger partial charge in [-0.2, -0.15) is 13.2 Å². The van der Waals surface area contributed by atoms with Gasteiger partial charge in [-0.05, 0) is 12.1 Å². The summed E-state index contributed by atoms with van der Waals surface area (Å²) in [5.74, 6) is 1.71. The predicted octanol–water partition coefficient (Wildman–Crippen LogP) is 2.02. The van der Waals surface area contributed by atoms with Crippen molar-refractivity contribution in [1.29, 1.82) is 0 Å². The van der Waals surface area contributed by atoms with Crippen molar-refractivity contribution in [1.82, 2.24) is 9.80 Å². The first-order chi connectivity index (χ1) is 9.93. The average molecular weight is 305 g/mol. The number of hydrogen-bond acceptors (Lipinski definition) is 4. The van der Waals surface area contributed by atoms with Gasteiger partial charge in [-0.15, -0.1) is 0 Å². The van der Waals surface area contributed by atoms with Crippen LogP contribution in [0.1, 0.15) is 24.5 Å². The number of hydrogen-bond donors (Lipinski definition) is 1. The van der Waals surface area contributed by atoms with Gasteiger partial charge in [0.15, 0.2) is 0 Å². The van der Waals surface area contributed by atoms with Crippen LogP contribution < -0.4 is 5.73 Å². The van der Waals surface area contributed by atoms with Crippen LogP contribution in [0.4, 0.5) is 13.2 Å². The molecule has 2 N–H and O–H groups in total. The highest BCUT2D eigenvalue weighted by Gasteiger charge is 2.33. The molecule has 1 aromatic heterocycles. The van der Waals surface area contributed by atoms with Gasteiger partial charge < -0.3 is 10.2 Å². The lowest BCUT2D eigenvalue weighted by molar-refractivity contribution is -0.150. The van der Waals surface area contributed by atoms with E-state index in [9.17, 15) is 13.2 Å². The molecule has 1 aliphatic rings. The maximum absolute atomic E-state index is 12.4. The second kappa shape index (κ2) is 6.81. The van der Waals surface area contributed by atoms with Crippen molar-refractivity contribution >= 4 is 0 Å². The van der Waals surface area contributed by atoms with E-state index in [4.69, 9.17) is 10.2 Å². The summed E-state index contributed by atoms with van der Waals surface area (Å²) in [7, 11) is 0. The van der Waals surface area contributed by atoms with Crippen LogP contribution in [-0.4, -0.2) is 55.2 Å². The van der Waals surface area contributed by atoms with Crippen LogP contribution in [0.15, 0.2) is 16.5 Å². The minimum Gasteiger partial charge on any atom is -0.464 e. The molecule has 120 valence electrons. The number of nitrogens with two attached hydrogens (primary N) is 1. The van der Waals surface area contributed by atoms with E-state index in [2.05, 4.69) is 4.90 Å². The Labute approximate surface area is 122 Å². The van der Waals surface area contributed by atoms with E-state index in [1.807, 2.05) is 19.1 Å². The monoisotopic (exact) mass is 305 g/mol. The zero-order valence-corrected chi connectivity index (χ0v) is 12.2. The van der Waals surface area contributed by atoms with Crippen LogP contribution in [-0.2, 0) is 6.42 Å². The van der Waals surface area contributed by atoms with Gasteiger partial charge in [0.1, 0.15) is 11.5 Å². The van der Waals surface area contributed by atoms with E-state index in [0.717, 1.165) is 17.9 Å². The van der Waals surface area contributed by atoms with Crippen molar-refractivity contribution in [3.8, 4) is 0 Å². The van der Waals surface area contributed by atoms with Crippen LogP contribution in [0, 0.1) is 0 Å². The lowest BCUT2D eigenvalue weighted by Gasteiger charge is -2.38. The maximum Gasteiger partial charge on any atom is 0.401 e. The number of nitrogens with zero attached hydrogens (tertiary/aromatic N) is 2. The molecule has 0 aliphatic carbocycles. The van der Waals surface area contributed by atoms with E-state index in [1.165, 1.54) is 4.90 Å². The molecule has 1 atom stereocenters. The van der Waals surface area contributed by atoms with Crippen molar-refractivity contribution in [3.63, 3.8) is 0 Å². The fourth-order valence-corrected chi connectivity index (χ4v) is 2.70. The van der Waals surface area contributed by atoms with Crippen molar-refractivity contribution in [3.05, 3.63) is 23.7 Å². The standard InChI is InChI=1S/C14H22F3N3O/c1-2-11-3-4-13(21-11)12(9-18)20-7-5-19(6-8-20)10-14(15,16)17/h3-4,12H,2,5-10,18H2,1H3. The van der Waals surface area contributed by atoms with Gasteiger partial charge in [-0.1, -0.05) is 6.92 Å². The molecule has 0 spiro atoms. The number of halogens is 3. The van der Waals surface area contributed by atoms with E-state index in [-0.39, 0.29) is 6.04 Å². The maximum atomic E-state index is 12.4. The molecule has 1 aromatic rings. The smallest absolute Gasteiger partial charge is 0.401 e. The number of furan rings is 1. The van der Waals surface area contributed by atoms with Gasteiger partial charge in [0.05, 0.1) is 12.6 Å². The Hall–Kier alpha value is -1.05. The highest BCUT2D eigenvalue weighted by molar-refractivity contribution is 5.11. The second-order valence-corrected chi connectivity index (χ2v) is 5.34. The summed E-state index contributed by atoms with van der Waals surface area (Å²) in [5, 5.41) is 0. The van der Waals surface area contributed by atoms with Gasteiger partial charge >= 0.3 is 6.18 Å². The summed E-state index contributed by atoms with van der Waals surface area (Å²) in [5.41, 5.74) is 5.83. The Bertz CT molecular complexity index is 439. The van der Waals surface area contributed by atoms with Gasteiger partial charge in [-0.3, -0.25) is 9.80 Å². The number of alkyl halides is 3. The first kappa shape index (κ1) is 16.3. The van der Waals surface area contributed by atoms with E-state index in [0.29, 0.717) is 32.7 Å². The molecular weight excluding hydrogens is 283 g/mol. The largest absolute Gasteiger partial charge is 0.464 e. The Balaban J connectivity index is 1.93. The molecule has 0 bridgehead atoms. The lowest BCUT2D eigenvalue weighted by atomic mass is 10.1. The molecule has 21 heavy (non-hydrogen) atoms. The third-order valence-electron chi connectivity index (χ3n) is 3.83. The summed E-state index contributed by atoms with van der Waals surface area (Å²) in [4.78, 5) is 3.54. The first-order valence-corrected chi connectivity index (χ1v) is 7.24. The molecule has 1 fully saturated rings. The van der Waals surface area contributed by atoms with E-state index in [1.54, 1.807) is 0 Å². The van der Waals surface area contributed by atoms with Crippen molar-refractivity contribution in [2.75, 3.05) is 39.3 Å². The molecule has 4 nitrogen and oxygen atoms in total. The summed E-state index contributed by atoms with van der Waals surface area (Å²) < 4.78 is 42.9. The molecule has 0 radical (unpaired) electrons. The Morgan fingerprint density at radius 2 is 1.90 bits per heavy atom. The third-order valence-corrected chi connectivity index (χ3v) is 3.83. The third kappa shape index (κ3) is 4.46. The summed E-state index contributed by atoms with van der Waals surface area (Å²) in [6.07, 6.45) is -3.32. The van der Waals surface area contributed by atoms with Gasteiger partial charge in [0, 0.05) is 39.1 Å². The topological polar surface area (TPSA) is 45.6 Å². The molecule has 0 amide bonds. The average Bonchev–Trinajstić information content (AvgIpc) is 2.88. The lowest BCUT2D eigenvalue weighted by Crippen LogP contribution is -2.51. The van der Waals surface area contributed by atoms with Crippen molar-refractivity contribution < 1.29 is 17.6 Å². The quantitative estimate of drug-likeness (QED) is 0.904. The van der Waals surface area contributed by atoms with Crippen LogP contribution in [0.5, 0.6) is 0 Å². The normalized spacial score (nSPS) is 19.9. The zero-order chi connectivity index (χ0) is 15.5. The van der Waals surface area contributed by atoms with Gasteiger partial charge in [0.2, 0.25) is 0 Å². The number of piperazine rings is 1. The van der Waals surface area contributed by atoms with Crippen LogP contribution in [0.25, 0.3) is 0 Å². The van der Waals surface area contributed by atoms with Gasteiger partial charge in [-0.25, -0.2) is 0 Å². The minimum absolute atomic E-state index is 0.0571.